The molecule has 0 spiro atoms. The zero-order valence-electron chi connectivity index (χ0n) is 28.9. The smallest absolute Gasteiger partial charge is 0.267 e. The van der Waals surface area contributed by atoms with E-state index in [1.54, 1.807) is 36.4 Å². The molecule has 3 heterocycles. The third-order valence-electron chi connectivity index (χ3n) is 10.2. The molecule has 58 heavy (non-hydrogen) atoms. The number of aromatic nitrogens is 1. The molecule has 0 radical (unpaired) electrons. The van der Waals surface area contributed by atoms with Gasteiger partial charge in [0.2, 0.25) is 0 Å². The van der Waals surface area contributed by atoms with Crippen LogP contribution < -0.4 is 4.90 Å². The number of imide groups is 1. The molecule has 1 aliphatic carbocycles. The lowest BCUT2D eigenvalue weighted by atomic mass is 9.97. The summed E-state index contributed by atoms with van der Waals surface area (Å²) >= 11 is 47.0. The van der Waals surface area contributed by atoms with Crippen LogP contribution in [-0.2, 0) is 6.54 Å². The van der Waals surface area contributed by atoms with E-state index in [0.29, 0.717) is 32.7 Å². The predicted molar refractivity (Wildman–Crippen MR) is 228 cm³/mol. The highest BCUT2D eigenvalue weighted by atomic mass is 35.5. The van der Waals surface area contributed by atoms with E-state index in [1.165, 1.54) is 28.8 Å². The van der Waals surface area contributed by atoms with Gasteiger partial charge in [-0.05, 0) is 35.9 Å². The van der Waals surface area contributed by atoms with Gasteiger partial charge in [0.15, 0.2) is 11.6 Å². The molecule has 0 saturated carbocycles. The van der Waals surface area contributed by atoms with Crippen molar-refractivity contribution < 1.29 is 24.0 Å². The van der Waals surface area contributed by atoms with E-state index in [2.05, 4.69) is 6.58 Å². The molecule has 9 rings (SSSR count). The van der Waals surface area contributed by atoms with Crippen LogP contribution in [-0.4, -0.2) is 39.2 Å². The van der Waals surface area contributed by atoms with Crippen molar-refractivity contribution in [3.05, 3.63) is 165 Å². The third kappa shape index (κ3) is 5.67. The molecule has 3 aliphatic rings. The average Bonchev–Trinajstić information content (AvgIpc) is 3.75. The molecule has 286 valence electrons. The topological polar surface area (TPSA) is 105 Å². The number of hydrogen-bond acceptors (Lipinski definition) is 7. The van der Waals surface area contributed by atoms with Crippen molar-refractivity contribution in [3.8, 4) is 0 Å². The number of Topliss-reactive ketones (excluding diaryl/α,β-unsaturated/α-hetero) is 2. The van der Waals surface area contributed by atoms with Crippen LogP contribution in [0.3, 0.4) is 0 Å². The first-order valence-electron chi connectivity index (χ1n) is 17.0. The summed E-state index contributed by atoms with van der Waals surface area (Å²) < 4.78 is 0. The summed E-state index contributed by atoms with van der Waals surface area (Å²) in [6.07, 6.45) is 0. The number of rotatable bonds is 6. The minimum absolute atomic E-state index is 0.00261. The van der Waals surface area contributed by atoms with E-state index < -0.39 is 29.3 Å². The lowest BCUT2D eigenvalue weighted by molar-refractivity contribution is 0.0840. The Bertz CT molecular complexity index is 2890. The van der Waals surface area contributed by atoms with Gasteiger partial charge in [-0.3, -0.25) is 24.0 Å². The van der Waals surface area contributed by atoms with Crippen LogP contribution in [0, 0.1) is 0 Å². The van der Waals surface area contributed by atoms with Gasteiger partial charge < -0.3 is 4.90 Å². The number of anilines is 1. The normalized spacial score (nSPS) is 15.9. The molecule has 6 aromatic rings. The molecule has 3 amide bonds. The molecule has 16 heteroatoms. The number of carbonyl (C=O) groups excluding carboxylic acids is 5. The molecule has 0 bridgehead atoms. The molecule has 8 nitrogen and oxygen atoms in total. The van der Waals surface area contributed by atoms with Gasteiger partial charge in [0.25, 0.3) is 17.7 Å². The van der Waals surface area contributed by atoms with Crippen LogP contribution >= 0.6 is 93.0 Å². The fourth-order valence-electron chi connectivity index (χ4n) is 7.47. The van der Waals surface area contributed by atoms with Crippen LogP contribution in [0.5, 0.6) is 0 Å². The first kappa shape index (κ1) is 39.1. The summed E-state index contributed by atoms with van der Waals surface area (Å²) in [6, 6.07) is 22.4. The fraction of sp³-hybridized carbons (Fsp3) is 0.0476. The van der Waals surface area contributed by atoms with E-state index in [0.717, 1.165) is 9.80 Å². The van der Waals surface area contributed by atoms with Gasteiger partial charge in [-0.1, -0.05) is 148 Å². The predicted octanol–water partition coefficient (Wildman–Crippen LogP) is 12.5. The Morgan fingerprint density at radius 2 is 1.16 bits per heavy atom. The van der Waals surface area contributed by atoms with E-state index >= 15 is 0 Å². The maximum absolute atomic E-state index is 14.4. The molecule has 0 saturated heterocycles. The number of amides is 3. The highest BCUT2D eigenvalue weighted by Crippen LogP contribution is 2.51. The second kappa shape index (κ2) is 14.4. The van der Waals surface area contributed by atoms with E-state index in [9.17, 15) is 24.0 Å². The average molecular weight is 925 g/mol. The Kier molecular flexibility index (Phi) is 9.69. The Balaban J connectivity index is 1.19. The van der Waals surface area contributed by atoms with Crippen molar-refractivity contribution >= 4 is 145 Å². The highest BCUT2D eigenvalue weighted by molar-refractivity contribution is 7.99. The number of nitrogens with zero attached hydrogens (tertiary/aromatic N) is 3. The molecule has 1 aromatic heterocycles. The van der Waals surface area contributed by atoms with Crippen molar-refractivity contribution in [2.24, 2.45) is 0 Å². The standard InChI is InChI=1S/C42H18Cl7N3O5S/c1-16-19-9-5-6-10-21(19)40(55)51(16)15-17-11-14-23(52-41(56)27-28(42(52)57)31(45)34(48)33(47)30(27)44)36-20(17)12-13-22(50-36)24-37(53)25-26(38(24)54)32(46)39(35(49)29(25)43)58-18-7-3-2-4-8-18/h2-14,24H,1,15H2. The van der Waals surface area contributed by atoms with E-state index in [-0.39, 0.29) is 86.8 Å². The minimum Gasteiger partial charge on any atom is -0.304 e. The van der Waals surface area contributed by atoms with Crippen LogP contribution in [0.1, 0.15) is 74.5 Å². The summed E-state index contributed by atoms with van der Waals surface area (Å²) in [5.74, 6) is -4.93. The summed E-state index contributed by atoms with van der Waals surface area (Å²) in [6.45, 7) is 4.16. The van der Waals surface area contributed by atoms with Gasteiger partial charge in [0, 0.05) is 27.1 Å². The molecule has 5 aromatic carbocycles. The van der Waals surface area contributed by atoms with Gasteiger partial charge >= 0.3 is 0 Å². The molecular formula is C42H18Cl7N3O5S. The summed E-state index contributed by atoms with van der Waals surface area (Å²) in [7, 11) is 0. The molecular weight excluding hydrogens is 907 g/mol. The number of halogens is 7. The van der Waals surface area contributed by atoms with Crippen molar-refractivity contribution in [1.29, 1.82) is 0 Å². The zero-order chi connectivity index (χ0) is 41.1. The van der Waals surface area contributed by atoms with Crippen LogP contribution in [0.4, 0.5) is 5.69 Å². The fourth-order valence-corrected chi connectivity index (χ4v) is 10.5. The molecule has 1 unspecified atom stereocenters. The first-order chi connectivity index (χ1) is 27.7. The lowest BCUT2D eigenvalue weighted by Gasteiger charge is -2.22. The molecule has 0 fully saturated rings. The number of pyridine rings is 1. The summed E-state index contributed by atoms with van der Waals surface area (Å²) in [5.41, 5.74) is 1.31. The molecule has 1 atom stereocenters. The Hall–Kier alpha value is -4.42. The van der Waals surface area contributed by atoms with Crippen molar-refractivity contribution in [1.82, 2.24) is 9.88 Å². The van der Waals surface area contributed by atoms with Gasteiger partial charge in [-0.25, -0.2) is 9.88 Å². The molecule has 0 N–H and O–H groups in total. The van der Waals surface area contributed by atoms with E-state index in [4.69, 9.17) is 86.2 Å². The van der Waals surface area contributed by atoms with Gasteiger partial charge in [0.05, 0.1) is 85.8 Å². The Labute approximate surface area is 368 Å². The zero-order valence-corrected chi connectivity index (χ0v) is 35.0. The van der Waals surface area contributed by atoms with Crippen molar-refractivity contribution in [2.45, 2.75) is 22.3 Å². The van der Waals surface area contributed by atoms with Gasteiger partial charge in [-0.15, -0.1) is 0 Å². The SMILES string of the molecule is C=C1c2ccccc2C(=O)N1Cc1ccc(N2C(=O)c3c(Cl)c(Cl)c(Cl)c(Cl)c3C2=O)c2nc(C3C(=O)c4c(Cl)c(Cl)c(Sc5ccccc5)c(Cl)c4C3=O)ccc12. The first-order valence-corrected chi connectivity index (χ1v) is 20.5. The van der Waals surface area contributed by atoms with Crippen molar-refractivity contribution in [3.63, 3.8) is 0 Å². The largest absolute Gasteiger partial charge is 0.304 e. The van der Waals surface area contributed by atoms with Crippen LogP contribution in [0.15, 0.2) is 95.2 Å². The summed E-state index contributed by atoms with van der Waals surface area (Å²) in [4.78, 5) is 78.7. The number of benzene rings is 5. The quantitative estimate of drug-likeness (QED) is 0.0709. The van der Waals surface area contributed by atoms with Crippen LogP contribution in [0.25, 0.3) is 16.6 Å². The number of ketones is 2. The molecule has 2 aliphatic heterocycles. The Morgan fingerprint density at radius 3 is 1.78 bits per heavy atom. The number of carbonyl (C=O) groups is 5. The monoisotopic (exact) mass is 921 g/mol. The number of fused-ring (bicyclic) bond motifs is 4. The highest BCUT2D eigenvalue weighted by Gasteiger charge is 2.47. The van der Waals surface area contributed by atoms with Crippen molar-refractivity contribution in [2.75, 3.05) is 4.90 Å². The van der Waals surface area contributed by atoms with Gasteiger partial charge in [0.1, 0.15) is 5.92 Å². The van der Waals surface area contributed by atoms with Crippen LogP contribution in [0.2, 0.25) is 35.2 Å². The minimum atomic E-state index is -1.53. The second-order valence-corrected chi connectivity index (χ2v) is 17.0. The summed E-state index contributed by atoms with van der Waals surface area (Å²) in [5, 5.41) is -0.787. The second-order valence-electron chi connectivity index (χ2n) is 13.3. The van der Waals surface area contributed by atoms with Gasteiger partial charge in [-0.2, -0.15) is 0 Å². The maximum atomic E-state index is 14.4. The van der Waals surface area contributed by atoms with E-state index in [1.807, 2.05) is 30.3 Å². The number of hydrogen-bond donors (Lipinski definition) is 0. The maximum Gasteiger partial charge on any atom is 0.267 e. The Morgan fingerprint density at radius 1 is 0.586 bits per heavy atom. The lowest BCUT2D eigenvalue weighted by Crippen LogP contribution is -2.30. The third-order valence-corrected chi connectivity index (χ3v) is 14.6.